The maximum absolute atomic E-state index is 11.0. The van der Waals surface area contributed by atoms with E-state index in [0.29, 0.717) is 6.42 Å². The molecular formula is C14H20O6. The minimum atomic E-state index is -2.19. The highest BCUT2D eigenvalue weighted by molar-refractivity contribution is 5.63. The van der Waals surface area contributed by atoms with Gasteiger partial charge in [-0.15, -0.1) is 0 Å². The molecule has 0 saturated carbocycles. The van der Waals surface area contributed by atoms with Crippen LogP contribution in [0.2, 0.25) is 0 Å². The van der Waals surface area contributed by atoms with Crippen molar-refractivity contribution in [3.8, 4) is 0 Å². The lowest BCUT2D eigenvalue weighted by Crippen LogP contribution is -2.55. The van der Waals surface area contributed by atoms with E-state index in [1.807, 2.05) is 6.07 Å². The van der Waals surface area contributed by atoms with Crippen molar-refractivity contribution in [2.45, 2.75) is 36.8 Å². The quantitative estimate of drug-likeness (QED) is 0.376. The molecule has 20 heavy (non-hydrogen) atoms. The van der Waals surface area contributed by atoms with E-state index in [9.17, 15) is 25.2 Å². The van der Waals surface area contributed by atoms with Crippen LogP contribution in [0.25, 0.3) is 0 Å². The summed E-state index contributed by atoms with van der Waals surface area (Å²) in [7, 11) is 0. The fourth-order valence-corrected chi connectivity index (χ4v) is 1.88. The van der Waals surface area contributed by atoms with E-state index in [1.54, 1.807) is 24.3 Å². The molecule has 112 valence electrons. The SMILES string of the molecule is O=C[C@@](O)(CCc1ccccc1)[C@@H](O)[C@H](O)[C@H](O)CO. The minimum absolute atomic E-state index is 0.114. The van der Waals surface area contributed by atoms with Gasteiger partial charge in [-0.3, -0.25) is 0 Å². The number of hydrogen-bond donors (Lipinski definition) is 5. The van der Waals surface area contributed by atoms with Gasteiger partial charge in [0.05, 0.1) is 6.61 Å². The Morgan fingerprint density at radius 3 is 2.25 bits per heavy atom. The summed E-state index contributed by atoms with van der Waals surface area (Å²) >= 11 is 0. The Hall–Kier alpha value is -1.31. The van der Waals surface area contributed by atoms with Crippen LogP contribution in [0, 0.1) is 0 Å². The second kappa shape index (κ2) is 7.47. The standard InChI is InChI=1S/C14H20O6/c15-8-11(17)12(18)13(19)14(20,9-16)7-6-10-4-2-1-3-5-10/h1-5,9,11-13,15,17-20H,6-8H2/t11-,12-,13+,14+/m1/s1. The van der Waals surface area contributed by atoms with Crippen LogP contribution < -0.4 is 0 Å². The summed E-state index contributed by atoms with van der Waals surface area (Å²) in [4.78, 5) is 11.0. The molecule has 0 aliphatic heterocycles. The third-order valence-corrected chi connectivity index (χ3v) is 3.28. The number of hydrogen-bond acceptors (Lipinski definition) is 6. The van der Waals surface area contributed by atoms with Gasteiger partial charge < -0.3 is 30.3 Å². The largest absolute Gasteiger partial charge is 0.394 e. The van der Waals surface area contributed by atoms with Crippen molar-refractivity contribution in [3.63, 3.8) is 0 Å². The zero-order valence-corrected chi connectivity index (χ0v) is 11.0. The Morgan fingerprint density at radius 2 is 1.75 bits per heavy atom. The van der Waals surface area contributed by atoms with Crippen LogP contribution in [0.1, 0.15) is 12.0 Å². The summed E-state index contributed by atoms with van der Waals surface area (Å²) in [6.07, 6.45) is -4.98. The third-order valence-electron chi connectivity index (χ3n) is 3.28. The van der Waals surface area contributed by atoms with Crippen LogP contribution in [0.5, 0.6) is 0 Å². The van der Waals surface area contributed by atoms with E-state index in [0.717, 1.165) is 5.56 Å². The Bertz CT molecular complexity index is 409. The minimum Gasteiger partial charge on any atom is -0.394 e. The summed E-state index contributed by atoms with van der Waals surface area (Å²) in [5.74, 6) is 0. The number of carbonyl (C=O) groups excluding carboxylic acids is 1. The predicted octanol–water partition coefficient (Wildman–Crippen LogP) is -1.38. The molecule has 0 spiro atoms. The first kappa shape index (κ1) is 16.7. The van der Waals surface area contributed by atoms with Crippen molar-refractivity contribution in [1.29, 1.82) is 0 Å². The number of benzene rings is 1. The van der Waals surface area contributed by atoms with Gasteiger partial charge in [0.25, 0.3) is 0 Å². The van der Waals surface area contributed by atoms with Gasteiger partial charge >= 0.3 is 0 Å². The van der Waals surface area contributed by atoms with Gasteiger partial charge in [0, 0.05) is 0 Å². The highest BCUT2D eigenvalue weighted by Gasteiger charge is 2.42. The molecule has 0 aliphatic carbocycles. The van der Waals surface area contributed by atoms with Crippen LogP contribution in [-0.2, 0) is 11.2 Å². The molecule has 5 N–H and O–H groups in total. The maximum atomic E-state index is 11.0. The summed E-state index contributed by atoms with van der Waals surface area (Å²) in [6, 6.07) is 9.03. The first-order chi connectivity index (χ1) is 9.44. The first-order valence-corrected chi connectivity index (χ1v) is 6.32. The molecule has 0 aromatic heterocycles. The normalized spacial score (nSPS) is 18.9. The molecule has 0 saturated heterocycles. The molecule has 1 aromatic rings. The Kier molecular flexibility index (Phi) is 6.25. The fourth-order valence-electron chi connectivity index (χ4n) is 1.88. The summed E-state index contributed by atoms with van der Waals surface area (Å²) in [5.41, 5.74) is -1.33. The predicted molar refractivity (Wildman–Crippen MR) is 70.9 cm³/mol. The van der Waals surface area contributed by atoms with Gasteiger partial charge in [-0.1, -0.05) is 30.3 Å². The number of aliphatic hydroxyl groups is 5. The average molecular weight is 284 g/mol. The van der Waals surface area contributed by atoms with Gasteiger partial charge in [-0.05, 0) is 18.4 Å². The molecule has 6 nitrogen and oxygen atoms in total. The molecule has 0 unspecified atom stereocenters. The van der Waals surface area contributed by atoms with Crippen molar-refractivity contribution in [3.05, 3.63) is 35.9 Å². The maximum Gasteiger partial charge on any atom is 0.154 e. The van der Waals surface area contributed by atoms with Gasteiger partial charge in [0.1, 0.15) is 23.9 Å². The molecule has 4 atom stereocenters. The summed E-state index contributed by atoms with van der Waals surface area (Å²) in [6.45, 7) is -0.786. The van der Waals surface area contributed by atoms with Gasteiger partial charge in [0.15, 0.2) is 6.29 Å². The van der Waals surface area contributed by atoms with Crippen molar-refractivity contribution >= 4 is 6.29 Å². The smallest absolute Gasteiger partial charge is 0.154 e. The Morgan fingerprint density at radius 1 is 1.15 bits per heavy atom. The van der Waals surface area contributed by atoms with E-state index < -0.39 is 30.5 Å². The molecular weight excluding hydrogens is 264 g/mol. The van der Waals surface area contributed by atoms with E-state index >= 15 is 0 Å². The van der Waals surface area contributed by atoms with E-state index in [4.69, 9.17) is 5.11 Å². The second-order valence-corrected chi connectivity index (χ2v) is 4.78. The molecule has 0 amide bonds. The zero-order valence-electron chi connectivity index (χ0n) is 11.0. The van der Waals surface area contributed by atoms with Crippen LogP contribution in [0.3, 0.4) is 0 Å². The number of carbonyl (C=O) groups is 1. The fraction of sp³-hybridized carbons (Fsp3) is 0.500. The number of aldehydes is 1. The lowest BCUT2D eigenvalue weighted by atomic mass is 9.86. The van der Waals surface area contributed by atoms with Crippen LogP contribution in [0.15, 0.2) is 30.3 Å². The van der Waals surface area contributed by atoms with Gasteiger partial charge in [0.2, 0.25) is 0 Å². The monoisotopic (exact) mass is 284 g/mol. The van der Waals surface area contributed by atoms with Gasteiger partial charge in [-0.2, -0.15) is 0 Å². The van der Waals surface area contributed by atoms with E-state index in [-0.39, 0.29) is 12.7 Å². The van der Waals surface area contributed by atoms with E-state index in [2.05, 4.69) is 0 Å². The molecule has 0 aliphatic rings. The van der Waals surface area contributed by atoms with Crippen LogP contribution in [0.4, 0.5) is 0 Å². The molecule has 6 heteroatoms. The topological polar surface area (TPSA) is 118 Å². The molecule has 1 aromatic carbocycles. The summed E-state index contributed by atoms with van der Waals surface area (Å²) < 4.78 is 0. The Balaban J connectivity index is 2.73. The van der Waals surface area contributed by atoms with Crippen LogP contribution >= 0.6 is 0 Å². The van der Waals surface area contributed by atoms with Crippen molar-refractivity contribution in [1.82, 2.24) is 0 Å². The average Bonchev–Trinajstić information content (AvgIpc) is 2.51. The van der Waals surface area contributed by atoms with Gasteiger partial charge in [-0.25, -0.2) is 0 Å². The molecule has 0 fully saturated rings. The summed E-state index contributed by atoms with van der Waals surface area (Å²) in [5, 5.41) is 47.4. The zero-order chi connectivity index (χ0) is 15.2. The lowest BCUT2D eigenvalue weighted by Gasteiger charge is -2.32. The molecule has 0 radical (unpaired) electrons. The van der Waals surface area contributed by atoms with E-state index in [1.165, 1.54) is 0 Å². The van der Waals surface area contributed by atoms with Crippen molar-refractivity contribution < 1.29 is 30.3 Å². The number of rotatable bonds is 8. The lowest BCUT2D eigenvalue weighted by molar-refractivity contribution is -0.166. The second-order valence-electron chi connectivity index (χ2n) is 4.78. The van der Waals surface area contributed by atoms with Crippen molar-refractivity contribution in [2.24, 2.45) is 0 Å². The molecule has 1 rings (SSSR count). The highest BCUT2D eigenvalue weighted by Crippen LogP contribution is 2.20. The number of aryl methyl sites for hydroxylation is 1. The third kappa shape index (κ3) is 4.09. The Labute approximate surface area is 116 Å². The highest BCUT2D eigenvalue weighted by atomic mass is 16.4. The van der Waals surface area contributed by atoms with Crippen molar-refractivity contribution in [2.75, 3.05) is 6.61 Å². The van der Waals surface area contributed by atoms with Crippen LogP contribution in [-0.4, -0.2) is 62.3 Å². The number of aliphatic hydroxyl groups excluding tert-OH is 4. The first-order valence-electron chi connectivity index (χ1n) is 6.32. The molecule has 0 heterocycles. The molecule has 0 bridgehead atoms.